The maximum atomic E-state index is 13.5. The summed E-state index contributed by atoms with van der Waals surface area (Å²) in [4.78, 5) is 40.9. The predicted molar refractivity (Wildman–Crippen MR) is 119 cm³/mol. The van der Waals surface area contributed by atoms with Crippen LogP contribution in [0.2, 0.25) is 0 Å². The van der Waals surface area contributed by atoms with Crippen molar-refractivity contribution in [1.82, 2.24) is 4.90 Å². The van der Waals surface area contributed by atoms with Crippen molar-refractivity contribution in [2.75, 3.05) is 13.1 Å². The Morgan fingerprint density at radius 3 is 2.50 bits per heavy atom. The van der Waals surface area contributed by atoms with Crippen LogP contribution in [0.25, 0.3) is 10.8 Å². The van der Waals surface area contributed by atoms with Crippen molar-refractivity contribution in [3.05, 3.63) is 68.9 Å². The zero-order valence-corrected chi connectivity index (χ0v) is 17.8. The second-order valence-corrected chi connectivity index (χ2v) is 9.37. The Morgan fingerprint density at radius 2 is 1.73 bits per heavy atom. The van der Waals surface area contributed by atoms with Gasteiger partial charge in [-0.1, -0.05) is 30.3 Å². The van der Waals surface area contributed by atoms with Crippen LogP contribution >= 0.6 is 11.3 Å². The maximum absolute atomic E-state index is 13.5. The van der Waals surface area contributed by atoms with Crippen molar-refractivity contribution < 1.29 is 14.4 Å². The van der Waals surface area contributed by atoms with Crippen LogP contribution in [-0.4, -0.2) is 35.5 Å². The smallest absolute Gasteiger partial charge is 0.263 e. The molecule has 2 aliphatic rings. The molecule has 1 fully saturated rings. The second kappa shape index (κ2) is 7.47. The Labute approximate surface area is 179 Å². The Kier molecular flexibility index (Phi) is 4.78. The molecule has 1 aromatic heterocycles. The summed E-state index contributed by atoms with van der Waals surface area (Å²) < 4.78 is 0. The van der Waals surface area contributed by atoms with E-state index in [1.165, 1.54) is 34.8 Å². The molecule has 1 saturated heterocycles. The lowest BCUT2D eigenvalue weighted by molar-refractivity contribution is 0.0641. The Hall–Kier alpha value is -2.79. The highest BCUT2D eigenvalue weighted by Crippen LogP contribution is 2.34. The molecule has 2 heterocycles. The fourth-order valence-electron chi connectivity index (χ4n) is 4.86. The fraction of sp³-hybridized carbons (Fsp3) is 0.320. The van der Waals surface area contributed by atoms with E-state index in [1.54, 1.807) is 17.0 Å². The molecule has 0 radical (unpaired) electrons. The number of rotatable bonds is 4. The monoisotopic (exact) mass is 417 g/mol. The van der Waals surface area contributed by atoms with E-state index in [2.05, 4.69) is 18.2 Å². The molecule has 1 aliphatic heterocycles. The summed E-state index contributed by atoms with van der Waals surface area (Å²) in [6.07, 6.45) is 3.70. The summed E-state index contributed by atoms with van der Waals surface area (Å²) in [6, 6.07) is 13.8. The zero-order valence-electron chi connectivity index (χ0n) is 16.9. The van der Waals surface area contributed by atoms with Crippen LogP contribution in [-0.2, 0) is 12.8 Å². The van der Waals surface area contributed by atoms with Crippen molar-refractivity contribution in [2.45, 2.75) is 32.6 Å². The van der Waals surface area contributed by atoms with Crippen molar-refractivity contribution in [3.8, 4) is 0 Å². The quantitative estimate of drug-likeness (QED) is 0.565. The number of benzene rings is 2. The highest BCUT2D eigenvalue weighted by Gasteiger charge is 2.31. The molecule has 1 atom stereocenters. The van der Waals surface area contributed by atoms with E-state index < -0.39 is 0 Å². The molecule has 152 valence electrons. The van der Waals surface area contributed by atoms with Gasteiger partial charge in [-0.3, -0.25) is 14.4 Å². The van der Waals surface area contributed by atoms with E-state index in [0.29, 0.717) is 22.8 Å². The topological polar surface area (TPSA) is 54.5 Å². The van der Waals surface area contributed by atoms with Gasteiger partial charge in [-0.25, -0.2) is 0 Å². The molecule has 2 aromatic carbocycles. The van der Waals surface area contributed by atoms with Gasteiger partial charge < -0.3 is 4.90 Å². The van der Waals surface area contributed by atoms with Crippen molar-refractivity contribution in [1.29, 1.82) is 0 Å². The minimum atomic E-state index is -0.187. The molecular formula is C25H23NO3S. The lowest BCUT2D eigenvalue weighted by atomic mass is 9.87. The van der Waals surface area contributed by atoms with E-state index in [4.69, 9.17) is 0 Å². The summed E-state index contributed by atoms with van der Waals surface area (Å²) in [7, 11) is 0. The average Bonchev–Trinajstić information content (AvgIpc) is 3.42. The third-order valence-corrected chi connectivity index (χ3v) is 7.56. The van der Waals surface area contributed by atoms with Gasteiger partial charge in [0.2, 0.25) is 0 Å². The van der Waals surface area contributed by atoms with E-state index in [9.17, 15) is 14.4 Å². The fourth-order valence-corrected chi connectivity index (χ4v) is 5.72. The minimum absolute atomic E-state index is 0.0298. The highest BCUT2D eigenvalue weighted by molar-refractivity contribution is 7.15. The first kappa shape index (κ1) is 19.2. The number of hydrogen-bond acceptors (Lipinski definition) is 4. The van der Waals surface area contributed by atoms with Crippen LogP contribution in [0.3, 0.4) is 0 Å². The zero-order chi connectivity index (χ0) is 20.8. The molecule has 1 unspecified atom stereocenters. The standard InChI is InChI=1S/C25H23NO3S/c1-15(27)21-11-12-22(30-21)25(29)26-13-3-5-18(14-26)24(28)20-10-9-17-8-7-16-4-2-6-19(20)23(16)17/h2,4,6,9-12,18H,3,5,7-8,13-14H2,1H3. The summed E-state index contributed by atoms with van der Waals surface area (Å²) in [6.45, 7) is 2.60. The Morgan fingerprint density at radius 1 is 0.967 bits per heavy atom. The first-order valence-corrected chi connectivity index (χ1v) is 11.3. The number of amides is 1. The summed E-state index contributed by atoms with van der Waals surface area (Å²) in [5, 5.41) is 2.31. The van der Waals surface area contributed by atoms with E-state index >= 15 is 0 Å². The molecule has 1 aliphatic carbocycles. The SMILES string of the molecule is CC(=O)c1ccc(C(=O)N2CCCC(C(=O)c3ccc4c5c(cccc35)CC4)C2)s1. The Balaban J connectivity index is 1.40. The number of aryl methyl sites for hydroxylation is 2. The molecule has 0 saturated carbocycles. The van der Waals surface area contributed by atoms with Gasteiger partial charge in [-0.05, 0) is 66.6 Å². The summed E-state index contributed by atoms with van der Waals surface area (Å²) >= 11 is 1.24. The predicted octanol–water partition coefficient (Wildman–Crippen LogP) is 4.94. The van der Waals surface area contributed by atoms with E-state index in [1.807, 2.05) is 12.1 Å². The molecule has 1 amide bonds. The number of hydrogen-bond donors (Lipinski definition) is 0. The molecule has 30 heavy (non-hydrogen) atoms. The van der Waals surface area contributed by atoms with Crippen LogP contribution in [0.1, 0.15) is 60.6 Å². The molecule has 4 nitrogen and oxygen atoms in total. The van der Waals surface area contributed by atoms with Crippen LogP contribution < -0.4 is 0 Å². The number of Topliss-reactive ketones (excluding diaryl/α,β-unsaturated/α-hetero) is 2. The van der Waals surface area contributed by atoms with E-state index in [-0.39, 0.29) is 23.4 Å². The number of nitrogens with zero attached hydrogens (tertiary/aromatic N) is 1. The van der Waals surface area contributed by atoms with Gasteiger partial charge in [0.05, 0.1) is 9.75 Å². The van der Waals surface area contributed by atoms with Gasteiger partial charge >= 0.3 is 0 Å². The van der Waals surface area contributed by atoms with Crippen molar-refractivity contribution in [2.24, 2.45) is 5.92 Å². The highest BCUT2D eigenvalue weighted by atomic mass is 32.1. The van der Waals surface area contributed by atoms with E-state index in [0.717, 1.165) is 36.6 Å². The molecule has 5 rings (SSSR count). The first-order valence-electron chi connectivity index (χ1n) is 10.5. The molecule has 0 bridgehead atoms. The Bertz CT molecular complexity index is 1180. The number of ketones is 2. The normalized spacial score (nSPS) is 18.0. The minimum Gasteiger partial charge on any atom is -0.337 e. The largest absolute Gasteiger partial charge is 0.337 e. The van der Waals surface area contributed by atoms with Gasteiger partial charge in [-0.2, -0.15) is 0 Å². The molecular weight excluding hydrogens is 394 g/mol. The van der Waals surface area contributed by atoms with Gasteiger partial charge in [-0.15, -0.1) is 11.3 Å². The lowest BCUT2D eigenvalue weighted by Gasteiger charge is -2.32. The van der Waals surface area contributed by atoms with Gasteiger partial charge in [0, 0.05) is 24.6 Å². The first-order chi connectivity index (χ1) is 14.5. The van der Waals surface area contributed by atoms with Gasteiger partial charge in [0.1, 0.15) is 0 Å². The van der Waals surface area contributed by atoms with Crippen LogP contribution in [0.15, 0.2) is 42.5 Å². The third kappa shape index (κ3) is 3.18. The van der Waals surface area contributed by atoms with Gasteiger partial charge in [0.15, 0.2) is 11.6 Å². The number of carbonyl (C=O) groups excluding carboxylic acids is 3. The molecule has 0 N–H and O–H groups in total. The van der Waals surface area contributed by atoms with Crippen LogP contribution in [0.4, 0.5) is 0 Å². The number of carbonyl (C=O) groups is 3. The van der Waals surface area contributed by atoms with Crippen LogP contribution in [0, 0.1) is 5.92 Å². The maximum Gasteiger partial charge on any atom is 0.263 e. The summed E-state index contributed by atoms with van der Waals surface area (Å²) in [5.74, 6) is -0.157. The molecule has 0 spiro atoms. The van der Waals surface area contributed by atoms with Crippen molar-refractivity contribution >= 4 is 39.6 Å². The van der Waals surface area contributed by atoms with Crippen molar-refractivity contribution in [3.63, 3.8) is 0 Å². The molecule has 3 aromatic rings. The molecule has 5 heteroatoms. The third-order valence-electron chi connectivity index (χ3n) is 6.39. The number of thiophene rings is 1. The summed E-state index contributed by atoms with van der Waals surface area (Å²) in [5.41, 5.74) is 3.44. The second-order valence-electron chi connectivity index (χ2n) is 8.29. The average molecular weight is 418 g/mol. The number of piperidine rings is 1. The lowest BCUT2D eigenvalue weighted by Crippen LogP contribution is -2.42. The van der Waals surface area contributed by atoms with Gasteiger partial charge in [0.25, 0.3) is 5.91 Å². The van der Waals surface area contributed by atoms with Crippen LogP contribution in [0.5, 0.6) is 0 Å². The number of likely N-dealkylation sites (tertiary alicyclic amines) is 1.